The number of hydrogen-bond donors (Lipinski definition) is 2. The van der Waals surface area contributed by atoms with Crippen LogP contribution in [-0.4, -0.2) is 28.7 Å². The van der Waals surface area contributed by atoms with E-state index in [1.165, 1.54) is 29.9 Å². The quantitative estimate of drug-likeness (QED) is 0.634. The molecular formula is C17H23N5O2. The lowest BCUT2D eigenvalue weighted by Gasteiger charge is -2.46. The van der Waals surface area contributed by atoms with Gasteiger partial charge in [0.25, 0.3) is 5.91 Å². The van der Waals surface area contributed by atoms with Crippen LogP contribution in [0.25, 0.3) is 0 Å². The molecule has 2 aliphatic rings. The van der Waals surface area contributed by atoms with Crippen LogP contribution in [0.2, 0.25) is 0 Å². The molecule has 1 aromatic heterocycles. The zero-order chi connectivity index (χ0) is 17.3. The summed E-state index contributed by atoms with van der Waals surface area (Å²) in [5.41, 5.74) is 6.50. The first-order valence-electron chi connectivity index (χ1n) is 8.36. The zero-order valence-electron chi connectivity index (χ0n) is 13.8. The summed E-state index contributed by atoms with van der Waals surface area (Å²) < 4.78 is 0.637. The molecule has 1 aliphatic heterocycles. The van der Waals surface area contributed by atoms with E-state index in [2.05, 4.69) is 0 Å². The first-order chi connectivity index (χ1) is 11.5. The van der Waals surface area contributed by atoms with Gasteiger partial charge in [-0.2, -0.15) is 4.73 Å². The summed E-state index contributed by atoms with van der Waals surface area (Å²) in [5.74, 6) is 0.0808. The van der Waals surface area contributed by atoms with Gasteiger partial charge in [0, 0.05) is 18.3 Å². The van der Waals surface area contributed by atoms with Crippen molar-refractivity contribution < 1.29 is 9.52 Å². The standard InChI is InChI=1S/C17H23N5O2/c1-12-17(23)22(14-8-5-9-20(24)11-14)15(10-18)16(19)21(12)13-6-3-2-4-7-13/h5,8-13,19H,2-4,6-7,18H2,1H3/b15-10+,19-16?/t12-/m1/s1. The average molecular weight is 329 g/mol. The van der Waals surface area contributed by atoms with Crippen LogP contribution >= 0.6 is 0 Å². The predicted molar refractivity (Wildman–Crippen MR) is 91.1 cm³/mol. The molecule has 1 atom stereocenters. The molecule has 0 radical (unpaired) electrons. The highest BCUT2D eigenvalue weighted by atomic mass is 16.5. The molecular weight excluding hydrogens is 306 g/mol. The summed E-state index contributed by atoms with van der Waals surface area (Å²) in [6.45, 7) is 1.82. The number of nitrogens with one attached hydrogen (secondary N) is 1. The van der Waals surface area contributed by atoms with Crippen molar-refractivity contribution in [2.75, 3.05) is 4.90 Å². The number of pyridine rings is 1. The number of nitrogens with two attached hydrogens (primary N) is 1. The Kier molecular flexibility index (Phi) is 4.42. The molecule has 1 aromatic rings. The Labute approximate surface area is 141 Å². The Balaban J connectivity index is 1.97. The number of carbonyl (C=O) groups is 1. The van der Waals surface area contributed by atoms with Gasteiger partial charge in [0.2, 0.25) is 6.20 Å². The summed E-state index contributed by atoms with van der Waals surface area (Å²) in [4.78, 5) is 16.3. The number of anilines is 1. The maximum atomic E-state index is 13.0. The molecule has 1 saturated carbocycles. The van der Waals surface area contributed by atoms with Crippen molar-refractivity contribution in [2.45, 2.75) is 51.1 Å². The van der Waals surface area contributed by atoms with Gasteiger partial charge in [0.05, 0.1) is 0 Å². The van der Waals surface area contributed by atoms with Gasteiger partial charge in [-0.3, -0.25) is 15.1 Å². The molecule has 7 heteroatoms. The lowest BCUT2D eigenvalue weighted by Crippen LogP contribution is -2.61. The van der Waals surface area contributed by atoms with Crippen molar-refractivity contribution in [2.24, 2.45) is 5.73 Å². The minimum atomic E-state index is -0.454. The van der Waals surface area contributed by atoms with Crippen LogP contribution in [0.4, 0.5) is 5.69 Å². The van der Waals surface area contributed by atoms with Gasteiger partial charge in [-0.05, 0) is 25.8 Å². The zero-order valence-corrected chi connectivity index (χ0v) is 13.8. The maximum absolute atomic E-state index is 13.0. The number of hydrogen-bond acceptors (Lipinski definition) is 4. The fraction of sp³-hybridized carbons (Fsp3) is 0.471. The van der Waals surface area contributed by atoms with Gasteiger partial charge >= 0.3 is 0 Å². The SMILES string of the molecule is C[C@@H]1C(=O)N(c2ccc[n+]([O-])c2)/C(=C/N)C(=N)N1C1CCCCC1. The van der Waals surface area contributed by atoms with Crippen molar-refractivity contribution in [3.63, 3.8) is 0 Å². The third-order valence-corrected chi connectivity index (χ3v) is 4.88. The van der Waals surface area contributed by atoms with Gasteiger partial charge in [-0.1, -0.05) is 19.3 Å². The molecule has 7 nitrogen and oxygen atoms in total. The minimum absolute atomic E-state index is 0.167. The Morgan fingerprint density at radius 2 is 2.08 bits per heavy atom. The third kappa shape index (κ3) is 2.70. The smallest absolute Gasteiger partial charge is 0.254 e. The van der Waals surface area contributed by atoms with E-state index in [0.29, 0.717) is 16.1 Å². The van der Waals surface area contributed by atoms with E-state index in [-0.39, 0.29) is 17.8 Å². The van der Waals surface area contributed by atoms with E-state index in [4.69, 9.17) is 11.1 Å². The lowest BCUT2D eigenvalue weighted by atomic mass is 9.91. The molecule has 0 bridgehead atoms. The van der Waals surface area contributed by atoms with Crippen LogP contribution < -0.4 is 15.4 Å². The number of aromatic nitrogens is 1. The van der Waals surface area contributed by atoms with Crippen molar-refractivity contribution in [3.8, 4) is 0 Å². The third-order valence-electron chi connectivity index (χ3n) is 4.88. The van der Waals surface area contributed by atoms with Gasteiger partial charge in [-0.15, -0.1) is 0 Å². The Hall–Kier alpha value is -2.57. The minimum Gasteiger partial charge on any atom is -0.619 e. The monoisotopic (exact) mass is 329 g/mol. The van der Waals surface area contributed by atoms with Crippen LogP contribution in [0.3, 0.4) is 0 Å². The molecule has 24 heavy (non-hydrogen) atoms. The van der Waals surface area contributed by atoms with Crippen molar-refractivity contribution in [3.05, 3.63) is 41.6 Å². The summed E-state index contributed by atoms with van der Waals surface area (Å²) >= 11 is 0. The second-order valence-corrected chi connectivity index (χ2v) is 6.37. The van der Waals surface area contributed by atoms with Crippen LogP contribution in [-0.2, 0) is 4.79 Å². The number of rotatable bonds is 2. The number of piperazine rings is 1. The van der Waals surface area contributed by atoms with E-state index < -0.39 is 6.04 Å². The summed E-state index contributed by atoms with van der Waals surface area (Å²) in [6.07, 6.45) is 9.38. The molecule has 0 aromatic carbocycles. The average Bonchev–Trinajstić information content (AvgIpc) is 2.59. The number of amides is 1. The maximum Gasteiger partial charge on any atom is 0.254 e. The van der Waals surface area contributed by atoms with E-state index in [1.807, 2.05) is 11.8 Å². The fourth-order valence-corrected chi connectivity index (χ4v) is 3.71. The van der Waals surface area contributed by atoms with Crippen molar-refractivity contribution in [1.29, 1.82) is 5.41 Å². The molecule has 1 amide bonds. The van der Waals surface area contributed by atoms with Crippen molar-refractivity contribution >= 4 is 17.4 Å². The number of amidine groups is 1. The normalized spacial score (nSPS) is 24.7. The van der Waals surface area contributed by atoms with Crippen LogP contribution in [0, 0.1) is 10.6 Å². The van der Waals surface area contributed by atoms with Crippen molar-refractivity contribution in [1.82, 2.24) is 4.90 Å². The number of carbonyl (C=O) groups excluding carboxylic acids is 1. The predicted octanol–water partition coefficient (Wildman–Crippen LogP) is 1.47. The van der Waals surface area contributed by atoms with E-state index >= 15 is 0 Å². The Morgan fingerprint density at radius 3 is 2.71 bits per heavy atom. The van der Waals surface area contributed by atoms with Gasteiger partial charge in [-0.25, -0.2) is 0 Å². The highest BCUT2D eigenvalue weighted by Crippen LogP contribution is 2.32. The molecule has 0 unspecified atom stereocenters. The summed E-state index contributed by atoms with van der Waals surface area (Å²) in [5, 5.41) is 20.2. The second-order valence-electron chi connectivity index (χ2n) is 6.37. The molecule has 1 aliphatic carbocycles. The topological polar surface area (TPSA) is 100 Å². The molecule has 2 heterocycles. The van der Waals surface area contributed by atoms with E-state index in [1.54, 1.807) is 12.1 Å². The highest BCUT2D eigenvalue weighted by molar-refractivity contribution is 6.15. The Bertz CT molecular complexity index is 681. The molecule has 1 saturated heterocycles. The van der Waals surface area contributed by atoms with Gasteiger partial charge in [0.1, 0.15) is 23.3 Å². The lowest BCUT2D eigenvalue weighted by molar-refractivity contribution is -0.604. The largest absolute Gasteiger partial charge is 0.619 e. The van der Waals surface area contributed by atoms with Crippen LogP contribution in [0.1, 0.15) is 39.0 Å². The first-order valence-corrected chi connectivity index (χ1v) is 8.36. The molecule has 3 rings (SSSR count). The van der Waals surface area contributed by atoms with Gasteiger partial charge in [0.15, 0.2) is 6.20 Å². The van der Waals surface area contributed by atoms with Crippen LogP contribution in [0.5, 0.6) is 0 Å². The highest BCUT2D eigenvalue weighted by Gasteiger charge is 2.42. The second kappa shape index (κ2) is 6.51. The fourth-order valence-electron chi connectivity index (χ4n) is 3.71. The molecule has 0 spiro atoms. The first kappa shape index (κ1) is 16.3. The van der Waals surface area contributed by atoms with E-state index in [9.17, 15) is 10.0 Å². The molecule has 2 fully saturated rings. The summed E-state index contributed by atoms with van der Waals surface area (Å²) in [6, 6.07) is 2.99. The molecule has 128 valence electrons. The summed E-state index contributed by atoms with van der Waals surface area (Å²) in [7, 11) is 0. The Morgan fingerprint density at radius 1 is 1.38 bits per heavy atom. The van der Waals surface area contributed by atoms with E-state index in [0.717, 1.165) is 25.7 Å². The van der Waals surface area contributed by atoms with Crippen LogP contribution in [0.15, 0.2) is 36.4 Å². The molecule has 3 N–H and O–H groups in total. The number of nitrogens with zero attached hydrogens (tertiary/aromatic N) is 3. The van der Waals surface area contributed by atoms with Gasteiger partial charge < -0.3 is 15.8 Å².